The van der Waals surface area contributed by atoms with E-state index in [2.05, 4.69) is 21.2 Å². The largest absolute Gasteiger partial charge is 0.480 e. The molecule has 0 aromatic heterocycles. The highest BCUT2D eigenvalue weighted by molar-refractivity contribution is 9.10. The highest BCUT2D eigenvalue weighted by Gasteiger charge is 2.39. The predicted octanol–water partition coefficient (Wildman–Crippen LogP) is 5.99. The van der Waals surface area contributed by atoms with Crippen molar-refractivity contribution in [1.29, 1.82) is 0 Å². The number of amides is 1. The molecule has 4 nitrogen and oxygen atoms in total. The van der Waals surface area contributed by atoms with Crippen molar-refractivity contribution in [2.75, 3.05) is 0 Å². The number of hydrogen-bond donors (Lipinski definition) is 2. The van der Waals surface area contributed by atoms with E-state index in [-0.39, 0.29) is 18.7 Å². The van der Waals surface area contributed by atoms with E-state index in [4.69, 9.17) is 0 Å². The van der Waals surface area contributed by atoms with Gasteiger partial charge in [0, 0.05) is 17.3 Å². The second-order valence-corrected chi connectivity index (χ2v) is 9.39. The van der Waals surface area contributed by atoms with E-state index < -0.39 is 17.4 Å². The Balaban J connectivity index is 1.73. The second-order valence-electron chi connectivity index (χ2n) is 8.47. The summed E-state index contributed by atoms with van der Waals surface area (Å²) in [5.74, 6) is -1.40. The molecule has 0 bridgehead atoms. The van der Waals surface area contributed by atoms with Gasteiger partial charge in [0.2, 0.25) is 5.91 Å². The fourth-order valence-electron chi connectivity index (χ4n) is 4.56. The molecule has 0 heterocycles. The van der Waals surface area contributed by atoms with Crippen molar-refractivity contribution < 1.29 is 14.7 Å². The Morgan fingerprint density at radius 3 is 1.66 bits per heavy atom. The number of carbonyl (C=O) groups excluding carboxylic acids is 1. The van der Waals surface area contributed by atoms with Crippen molar-refractivity contribution in [2.45, 2.75) is 24.3 Å². The number of halogens is 1. The first kappa shape index (κ1) is 24.4. The molecule has 4 aromatic rings. The maximum absolute atomic E-state index is 13.6. The Labute approximate surface area is 213 Å². The summed E-state index contributed by atoms with van der Waals surface area (Å²) in [5.41, 5.74) is 2.93. The van der Waals surface area contributed by atoms with Crippen LogP contribution in [0.15, 0.2) is 120 Å². The van der Waals surface area contributed by atoms with Crippen LogP contribution in [0.4, 0.5) is 0 Å². The van der Waals surface area contributed by atoms with Crippen molar-refractivity contribution in [1.82, 2.24) is 5.32 Å². The van der Waals surface area contributed by atoms with Crippen LogP contribution in [0.25, 0.3) is 0 Å². The van der Waals surface area contributed by atoms with Crippen molar-refractivity contribution in [3.63, 3.8) is 0 Å². The summed E-state index contributed by atoms with van der Waals surface area (Å²) in [4.78, 5) is 25.6. The molecule has 5 heteroatoms. The van der Waals surface area contributed by atoms with Gasteiger partial charge in [-0.15, -0.1) is 0 Å². The van der Waals surface area contributed by atoms with Crippen LogP contribution in [0.3, 0.4) is 0 Å². The average molecular weight is 528 g/mol. The van der Waals surface area contributed by atoms with E-state index in [0.717, 1.165) is 26.7 Å². The quantitative estimate of drug-likeness (QED) is 0.263. The van der Waals surface area contributed by atoms with Gasteiger partial charge in [-0.25, -0.2) is 4.79 Å². The van der Waals surface area contributed by atoms with Crippen LogP contribution in [0.2, 0.25) is 0 Å². The fourth-order valence-corrected chi connectivity index (χ4v) is 5.01. The number of aliphatic carboxylic acids is 1. The van der Waals surface area contributed by atoms with Gasteiger partial charge in [-0.2, -0.15) is 0 Å². The molecule has 0 aliphatic rings. The zero-order valence-corrected chi connectivity index (χ0v) is 20.7. The summed E-state index contributed by atoms with van der Waals surface area (Å²) in [5, 5.41) is 12.7. The minimum Gasteiger partial charge on any atom is -0.480 e. The molecule has 0 radical (unpaired) electrons. The Morgan fingerprint density at radius 1 is 0.743 bits per heavy atom. The van der Waals surface area contributed by atoms with E-state index in [0.29, 0.717) is 0 Å². The lowest BCUT2D eigenvalue weighted by atomic mass is 9.67. The molecule has 0 fully saturated rings. The van der Waals surface area contributed by atoms with E-state index in [1.165, 1.54) is 0 Å². The van der Waals surface area contributed by atoms with Gasteiger partial charge in [0.1, 0.15) is 6.04 Å². The smallest absolute Gasteiger partial charge is 0.326 e. The fraction of sp³-hybridized carbons (Fsp3) is 0.133. The van der Waals surface area contributed by atoms with E-state index >= 15 is 0 Å². The van der Waals surface area contributed by atoms with Crippen molar-refractivity contribution >= 4 is 27.8 Å². The van der Waals surface area contributed by atoms with Crippen molar-refractivity contribution in [2.24, 2.45) is 0 Å². The molecule has 4 rings (SSSR count). The molecule has 0 unspecified atom stereocenters. The number of carboxylic acids is 1. The monoisotopic (exact) mass is 527 g/mol. The van der Waals surface area contributed by atoms with Gasteiger partial charge in [0.15, 0.2) is 0 Å². The molecule has 2 N–H and O–H groups in total. The SMILES string of the molecule is O=C(CC(c1ccccc1)(c1ccccc1)c1ccccc1)N[C@H](Cc1cccc(Br)c1)C(=O)O. The maximum Gasteiger partial charge on any atom is 0.326 e. The first-order valence-corrected chi connectivity index (χ1v) is 12.2. The van der Waals surface area contributed by atoms with Crippen LogP contribution in [-0.2, 0) is 21.4 Å². The first-order chi connectivity index (χ1) is 17.0. The summed E-state index contributed by atoms with van der Waals surface area (Å²) in [7, 11) is 0. The number of carbonyl (C=O) groups is 2. The van der Waals surface area contributed by atoms with Crippen LogP contribution >= 0.6 is 15.9 Å². The normalized spacial score (nSPS) is 12.0. The Bertz CT molecular complexity index is 1180. The van der Waals surface area contributed by atoms with Crippen LogP contribution in [0.5, 0.6) is 0 Å². The number of carboxylic acid groups (broad SMARTS) is 1. The van der Waals surface area contributed by atoms with Gasteiger partial charge < -0.3 is 10.4 Å². The first-order valence-electron chi connectivity index (χ1n) is 11.4. The van der Waals surface area contributed by atoms with Gasteiger partial charge in [-0.05, 0) is 34.4 Å². The highest BCUT2D eigenvalue weighted by atomic mass is 79.9. The van der Waals surface area contributed by atoms with Crippen LogP contribution in [-0.4, -0.2) is 23.0 Å². The van der Waals surface area contributed by atoms with Gasteiger partial charge in [0.05, 0.1) is 5.41 Å². The zero-order valence-electron chi connectivity index (χ0n) is 19.1. The molecule has 0 spiro atoms. The zero-order chi connectivity index (χ0) is 24.7. The molecule has 35 heavy (non-hydrogen) atoms. The topological polar surface area (TPSA) is 66.4 Å². The molecule has 0 saturated carbocycles. The average Bonchev–Trinajstić information content (AvgIpc) is 2.88. The highest BCUT2D eigenvalue weighted by Crippen LogP contribution is 2.42. The van der Waals surface area contributed by atoms with Crippen molar-refractivity contribution in [3.05, 3.63) is 142 Å². The molecule has 4 aromatic carbocycles. The predicted molar refractivity (Wildman–Crippen MR) is 141 cm³/mol. The van der Waals surface area contributed by atoms with E-state index in [9.17, 15) is 14.7 Å². The third-order valence-electron chi connectivity index (χ3n) is 6.19. The lowest BCUT2D eigenvalue weighted by Gasteiger charge is -2.36. The van der Waals surface area contributed by atoms with Crippen LogP contribution in [0.1, 0.15) is 28.7 Å². The van der Waals surface area contributed by atoms with Crippen LogP contribution < -0.4 is 5.32 Å². The number of benzene rings is 4. The third-order valence-corrected chi connectivity index (χ3v) is 6.68. The van der Waals surface area contributed by atoms with Gasteiger partial charge in [0.25, 0.3) is 0 Å². The molecular weight excluding hydrogens is 502 g/mol. The maximum atomic E-state index is 13.6. The summed E-state index contributed by atoms with van der Waals surface area (Å²) < 4.78 is 0.863. The van der Waals surface area contributed by atoms with Gasteiger partial charge in [-0.1, -0.05) is 119 Å². The molecule has 0 aliphatic heterocycles. The Kier molecular flexibility index (Phi) is 7.78. The molecule has 0 saturated heterocycles. The lowest BCUT2D eigenvalue weighted by molar-refractivity contribution is -0.141. The summed E-state index contributed by atoms with van der Waals surface area (Å²) in [6, 6.07) is 36.1. The number of nitrogens with one attached hydrogen (secondary N) is 1. The Morgan fingerprint density at radius 2 is 1.23 bits per heavy atom. The molecule has 1 amide bonds. The summed E-state index contributed by atoms with van der Waals surface area (Å²) in [6.45, 7) is 0. The van der Waals surface area contributed by atoms with E-state index in [1.54, 1.807) is 0 Å². The summed E-state index contributed by atoms with van der Waals surface area (Å²) >= 11 is 3.42. The minimum atomic E-state index is -1.07. The van der Waals surface area contributed by atoms with Crippen LogP contribution in [0, 0.1) is 0 Å². The number of rotatable bonds is 9. The number of hydrogen-bond acceptors (Lipinski definition) is 2. The van der Waals surface area contributed by atoms with Gasteiger partial charge >= 0.3 is 5.97 Å². The molecular formula is C30H26BrNO3. The Hall–Kier alpha value is -3.70. The third kappa shape index (κ3) is 5.69. The standard InChI is InChI=1S/C30H26BrNO3/c31-26-18-10-11-22(19-26)20-27(29(34)35)32-28(33)21-30(23-12-4-1-5-13-23,24-14-6-2-7-15-24)25-16-8-3-9-17-25/h1-19,27H,20-21H2,(H,32,33)(H,34,35)/t27-/m1/s1. The molecule has 176 valence electrons. The lowest BCUT2D eigenvalue weighted by Crippen LogP contribution is -2.45. The molecule has 1 atom stereocenters. The second kappa shape index (κ2) is 11.2. The van der Waals surface area contributed by atoms with E-state index in [1.807, 2.05) is 115 Å². The molecule has 0 aliphatic carbocycles. The van der Waals surface area contributed by atoms with Gasteiger partial charge in [-0.3, -0.25) is 4.79 Å². The minimum absolute atomic E-state index is 0.0628. The van der Waals surface area contributed by atoms with Crippen molar-refractivity contribution in [3.8, 4) is 0 Å². The summed E-state index contributed by atoms with van der Waals surface area (Å²) in [6.07, 6.45) is 0.253.